The molecule has 130 valence electrons. The number of anilines is 2. The Morgan fingerprint density at radius 1 is 1.32 bits per heavy atom. The third kappa shape index (κ3) is 3.58. The summed E-state index contributed by atoms with van der Waals surface area (Å²) in [6, 6.07) is 11.1. The lowest BCUT2D eigenvalue weighted by Gasteiger charge is -2.19. The second-order valence-corrected chi connectivity index (χ2v) is 6.13. The fraction of sp³-hybridized carbons (Fsp3) is 0.222. The van der Waals surface area contributed by atoms with Gasteiger partial charge in [-0.2, -0.15) is 0 Å². The van der Waals surface area contributed by atoms with Gasteiger partial charge < -0.3 is 15.0 Å². The maximum absolute atomic E-state index is 13.8. The van der Waals surface area contributed by atoms with Gasteiger partial charge in [-0.1, -0.05) is 23.7 Å². The van der Waals surface area contributed by atoms with E-state index in [0.29, 0.717) is 11.4 Å². The molecule has 25 heavy (non-hydrogen) atoms. The van der Waals surface area contributed by atoms with E-state index in [4.69, 9.17) is 16.3 Å². The van der Waals surface area contributed by atoms with E-state index >= 15 is 0 Å². The zero-order chi connectivity index (χ0) is 18.0. The van der Waals surface area contributed by atoms with Crippen LogP contribution >= 0.6 is 11.6 Å². The van der Waals surface area contributed by atoms with Crippen molar-refractivity contribution in [2.75, 3.05) is 23.9 Å². The Kier molecular flexibility index (Phi) is 4.90. The van der Waals surface area contributed by atoms with E-state index < -0.39 is 17.6 Å². The highest BCUT2D eigenvalue weighted by Gasteiger charge is 2.36. The molecule has 1 N–H and O–H groups in total. The number of methoxy groups -OCH3 is 1. The van der Waals surface area contributed by atoms with E-state index in [9.17, 15) is 14.0 Å². The van der Waals surface area contributed by atoms with Gasteiger partial charge in [0, 0.05) is 18.0 Å². The summed E-state index contributed by atoms with van der Waals surface area (Å²) < 4.78 is 19.1. The first-order chi connectivity index (χ1) is 12.0. The molecule has 0 saturated carbocycles. The zero-order valence-electron chi connectivity index (χ0n) is 13.5. The number of rotatable bonds is 4. The van der Waals surface area contributed by atoms with Crippen LogP contribution in [-0.4, -0.2) is 25.5 Å². The van der Waals surface area contributed by atoms with Gasteiger partial charge in [-0.15, -0.1) is 0 Å². The van der Waals surface area contributed by atoms with Crippen LogP contribution in [0.2, 0.25) is 5.02 Å². The first-order valence-corrected chi connectivity index (χ1v) is 8.06. The van der Waals surface area contributed by atoms with Crippen LogP contribution in [-0.2, 0) is 9.59 Å². The van der Waals surface area contributed by atoms with Crippen LogP contribution in [0.1, 0.15) is 6.42 Å². The monoisotopic (exact) mass is 362 g/mol. The van der Waals surface area contributed by atoms with Gasteiger partial charge in [0.05, 0.1) is 24.4 Å². The van der Waals surface area contributed by atoms with Gasteiger partial charge in [0.2, 0.25) is 11.8 Å². The van der Waals surface area contributed by atoms with Crippen LogP contribution in [0.5, 0.6) is 5.75 Å². The first-order valence-electron chi connectivity index (χ1n) is 7.69. The predicted molar refractivity (Wildman–Crippen MR) is 93.5 cm³/mol. The van der Waals surface area contributed by atoms with Crippen molar-refractivity contribution in [3.05, 3.63) is 53.3 Å². The predicted octanol–water partition coefficient (Wildman–Crippen LogP) is 3.48. The van der Waals surface area contributed by atoms with E-state index in [1.165, 1.54) is 24.1 Å². The van der Waals surface area contributed by atoms with Crippen molar-refractivity contribution < 1.29 is 18.7 Å². The van der Waals surface area contributed by atoms with Crippen molar-refractivity contribution in [3.63, 3.8) is 0 Å². The maximum atomic E-state index is 13.8. The van der Waals surface area contributed by atoms with Crippen LogP contribution in [0.25, 0.3) is 0 Å². The Labute approximate surface area is 149 Å². The normalized spacial score (nSPS) is 16.8. The van der Waals surface area contributed by atoms with Crippen molar-refractivity contribution >= 4 is 34.8 Å². The summed E-state index contributed by atoms with van der Waals surface area (Å²) in [7, 11) is 1.52. The number of hydrogen-bond acceptors (Lipinski definition) is 3. The van der Waals surface area contributed by atoms with Crippen LogP contribution in [0.15, 0.2) is 42.5 Å². The van der Waals surface area contributed by atoms with Gasteiger partial charge in [0.25, 0.3) is 0 Å². The summed E-state index contributed by atoms with van der Waals surface area (Å²) in [5, 5.41) is 2.76. The molecule has 1 heterocycles. The molecule has 7 heteroatoms. The summed E-state index contributed by atoms with van der Waals surface area (Å²) in [6.45, 7) is 0.209. The molecule has 1 fully saturated rings. The lowest BCUT2D eigenvalue weighted by molar-refractivity contribution is -0.122. The Morgan fingerprint density at radius 2 is 2.08 bits per heavy atom. The summed E-state index contributed by atoms with van der Waals surface area (Å²) >= 11 is 5.70. The highest BCUT2D eigenvalue weighted by molar-refractivity contribution is 6.30. The molecular weight excluding hydrogens is 347 g/mol. The van der Waals surface area contributed by atoms with E-state index in [1.807, 2.05) is 0 Å². The van der Waals surface area contributed by atoms with Gasteiger partial charge in [-0.05, 0) is 30.3 Å². The average molecular weight is 363 g/mol. The van der Waals surface area contributed by atoms with E-state index in [-0.39, 0.29) is 29.6 Å². The lowest BCUT2D eigenvalue weighted by atomic mass is 10.1. The molecule has 1 aliphatic rings. The minimum absolute atomic E-state index is 0.0394. The summed E-state index contributed by atoms with van der Waals surface area (Å²) in [5.41, 5.74) is 0.653. The van der Waals surface area contributed by atoms with Crippen LogP contribution in [0.3, 0.4) is 0 Å². The Hall–Kier alpha value is -2.60. The highest BCUT2D eigenvalue weighted by Crippen LogP contribution is 2.33. The Balaban J connectivity index is 1.74. The number of hydrogen-bond donors (Lipinski definition) is 1. The van der Waals surface area contributed by atoms with Gasteiger partial charge >= 0.3 is 0 Å². The number of carbonyl (C=O) groups excluding carboxylic acids is 2. The molecule has 0 aliphatic carbocycles. The summed E-state index contributed by atoms with van der Waals surface area (Å²) in [4.78, 5) is 26.2. The Morgan fingerprint density at radius 3 is 2.80 bits per heavy atom. The van der Waals surface area contributed by atoms with Gasteiger partial charge in [-0.25, -0.2) is 4.39 Å². The minimum atomic E-state index is -0.619. The SMILES string of the molecule is COc1ccccc1N1C[C@H](C(=O)Nc2ccc(Cl)cc2F)CC1=O. The standard InChI is InChI=1S/C18H16ClFN2O3/c1-25-16-5-3-2-4-15(16)22-10-11(8-17(22)23)18(24)21-14-7-6-12(19)9-13(14)20/h2-7,9,11H,8,10H2,1H3,(H,21,24)/t11-/m1/s1. The second-order valence-electron chi connectivity index (χ2n) is 5.69. The molecule has 0 spiro atoms. The molecule has 2 aromatic carbocycles. The van der Waals surface area contributed by atoms with E-state index in [1.54, 1.807) is 24.3 Å². The van der Waals surface area contributed by atoms with Crippen molar-refractivity contribution in [2.45, 2.75) is 6.42 Å². The summed E-state index contributed by atoms with van der Waals surface area (Å²) in [5.74, 6) is -1.23. The second kappa shape index (κ2) is 7.11. The number of ether oxygens (including phenoxy) is 1. The number of amides is 2. The van der Waals surface area contributed by atoms with Crippen LogP contribution in [0, 0.1) is 11.7 Å². The number of benzene rings is 2. The molecule has 2 aromatic rings. The zero-order valence-corrected chi connectivity index (χ0v) is 14.2. The number of nitrogens with one attached hydrogen (secondary N) is 1. The van der Waals surface area contributed by atoms with Crippen molar-refractivity contribution in [3.8, 4) is 5.75 Å². The third-order valence-electron chi connectivity index (χ3n) is 4.06. The van der Waals surface area contributed by atoms with E-state index in [0.717, 1.165) is 6.07 Å². The van der Waals surface area contributed by atoms with Crippen molar-refractivity contribution in [1.82, 2.24) is 0 Å². The van der Waals surface area contributed by atoms with Gasteiger partial charge in [0.1, 0.15) is 11.6 Å². The molecule has 2 amide bonds. The van der Waals surface area contributed by atoms with Crippen molar-refractivity contribution in [2.24, 2.45) is 5.92 Å². The molecule has 3 rings (SSSR count). The molecule has 0 bridgehead atoms. The average Bonchev–Trinajstić information content (AvgIpc) is 2.99. The maximum Gasteiger partial charge on any atom is 0.229 e. The van der Waals surface area contributed by atoms with Gasteiger partial charge in [0.15, 0.2) is 0 Å². The molecule has 1 saturated heterocycles. The fourth-order valence-corrected chi connectivity index (χ4v) is 2.95. The molecule has 0 radical (unpaired) electrons. The quantitative estimate of drug-likeness (QED) is 0.905. The first kappa shape index (κ1) is 17.2. The lowest BCUT2D eigenvalue weighted by Crippen LogP contribution is -2.28. The van der Waals surface area contributed by atoms with Crippen molar-refractivity contribution in [1.29, 1.82) is 0 Å². The minimum Gasteiger partial charge on any atom is -0.495 e. The highest BCUT2D eigenvalue weighted by atomic mass is 35.5. The topological polar surface area (TPSA) is 58.6 Å². The molecule has 0 unspecified atom stereocenters. The number of carbonyl (C=O) groups is 2. The largest absolute Gasteiger partial charge is 0.495 e. The molecule has 1 atom stereocenters. The number of nitrogens with zero attached hydrogens (tertiary/aromatic N) is 1. The molecule has 1 aliphatic heterocycles. The smallest absolute Gasteiger partial charge is 0.229 e. The Bertz CT molecular complexity index is 828. The molecular formula is C18H16ClFN2O3. The van der Waals surface area contributed by atoms with Crippen LogP contribution in [0.4, 0.5) is 15.8 Å². The number of para-hydroxylation sites is 2. The third-order valence-corrected chi connectivity index (χ3v) is 4.30. The molecule has 5 nitrogen and oxygen atoms in total. The van der Waals surface area contributed by atoms with Gasteiger partial charge in [-0.3, -0.25) is 9.59 Å². The molecule has 0 aromatic heterocycles. The summed E-state index contributed by atoms with van der Waals surface area (Å²) in [6.07, 6.45) is 0.0547. The van der Waals surface area contributed by atoms with Crippen LogP contribution < -0.4 is 15.0 Å². The fourth-order valence-electron chi connectivity index (χ4n) is 2.79. The number of halogens is 2. The van der Waals surface area contributed by atoms with E-state index in [2.05, 4.69) is 5.32 Å².